The molecule has 24 heavy (non-hydrogen) atoms. The number of nitrogens with one attached hydrogen (secondary N) is 2. The number of aromatic hydroxyl groups is 1. The molecule has 1 fully saturated rings. The molecule has 3 rings (SSSR count). The highest BCUT2D eigenvalue weighted by Crippen LogP contribution is 2.16. The molecule has 0 spiro atoms. The molecule has 1 saturated heterocycles. The molecule has 4 heteroatoms. The summed E-state index contributed by atoms with van der Waals surface area (Å²) >= 11 is 0. The van der Waals surface area contributed by atoms with E-state index < -0.39 is 0 Å². The number of hydrazine groups is 1. The van der Waals surface area contributed by atoms with Crippen molar-refractivity contribution in [2.24, 2.45) is 0 Å². The smallest absolute Gasteiger partial charge is 0.115 e. The van der Waals surface area contributed by atoms with Crippen LogP contribution in [0.2, 0.25) is 0 Å². The molecule has 0 radical (unpaired) electrons. The van der Waals surface area contributed by atoms with Crippen molar-refractivity contribution in [1.82, 2.24) is 10.4 Å². The van der Waals surface area contributed by atoms with Crippen molar-refractivity contribution < 1.29 is 10.0 Å². The van der Waals surface area contributed by atoms with Gasteiger partial charge in [0.15, 0.2) is 0 Å². The average Bonchev–Trinajstić information content (AvgIpc) is 2.63. The molecule has 4 nitrogen and oxygen atoms in total. The van der Waals surface area contributed by atoms with E-state index in [9.17, 15) is 5.11 Å². The first-order valence-corrected chi connectivity index (χ1v) is 8.59. The van der Waals surface area contributed by atoms with Crippen LogP contribution in [0.3, 0.4) is 0 Å². The highest BCUT2D eigenvalue weighted by molar-refractivity contribution is 5.63. The van der Waals surface area contributed by atoms with Crippen LogP contribution < -0.4 is 10.3 Å². The van der Waals surface area contributed by atoms with E-state index in [1.165, 1.54) is 5.56 Å². The van der Waals surface area contributed by atoms with E-state index in [0.29, 0.717) is 5.75 Å². The summed E-state index contributed by atoms with van der Waals surface area (Å²) in [5.74, 6) is 0.298. The summed E-state index contributed by atoms with van der Waals surface area (Å²) in [6.45, 7) is 7.45. The van der Waals surface area contributed by atoms with Crippen LogP contribution in [-0.4, -0.2) is 36.3 Å². The molecule has 0 aliphatic carbocycles. The number of nitrogens with zero attached hydrogens (tertiary/aromatic N) is 1. The van der Waals surface area contributed by atoms with E-state index in [1.54, 1.807) is 17.0 Å². The summed E-state index contributed by atoms with van der Waals surface area (Å²) in [7, 11) is 0. The van der Waals surface area contributed by atoms with Crippen LogP contribution in [0.15, 0.2) is 60.7 Å². The van der Waals surface area contributed by atoms with E-state index in [4.69, 9.17) is 0 Å². The number of rotatable bonds is 5. The van der Waals surface area contributed by atoms with Gasteiger partial charge >= 0.3 is 0 Å². The fourth-order valence-corrected chi connectivity index (χ4v) is 3.10. The van der Waals surface area contributed by atoms with E-state index in [0.717, 1.165) is 44.0 Å². The molecule has 0 aromatic heterocycles. The molecule has 1 heterocycles. The number of quaternary nitrogens is 1. The van der Waals surface area contributed by atoms with Gasteiger partial charge in [-0.05, 0) is 36.8 Å². The Hall–Kier alpha value is -2.30. The molecule has 2 aromatic rings. The molecule has 0 atom stereocenters. The largest absolute Gasteiger partial charge is 0.508 e. The second-order valence-electron chi connectivity index (χ2n) is 6.26. The number of phenols is 1. The van der Waals surface area contributed by atoms with Gasteiger partial charge in [-0.15, -0.1) is 0 Å². The van der Waals surface area contributed by atoms with Crippen LogP contribution in [0.1, 0.15) is 18.1 Å². The van der Waals surface area contributed by atoms with E-state index in [2.05, 4.69) is 46.8 Å². The van der Waals surface area contributed by atoms with E-state index in [-0.39, 0.29) is 0 Å². The number of phenolic OH excluding ortho intramolecular Hbond substituents is 1. The van der Waals surface area contributed by atoms with Crippen molar-refractivity contribution in [3.63, 3.8) is 0 Å². The average molecular weight is 324 g/mol. The maximum absolute atomic E-state index is 9.43. The van der Waals surface area contributed by atoms with Crippen LogP contribution in [0.4, 0.5) is 0 Å². The zero-order valence-electron chi connectivity index (χ0n) is 14.2. The molecular weight excluding hydrogens is 298 g/mol. The molecule has 0 bridgehead atoms. The van der Waals surface area contributed by atoms with Crippen LogP contribution >= 0.6 is 0 Å². The Morgan fingerprint density at radius 1 is 1.08 bits per heavy atom. The van der Waals surface area contributed by atoms with Crippen LogP contribution in [-0.2, 0) is 6.54 Å². The second kappa shape index (κ2) is 7.99. The van der Waals surface area contributed by atoms with Gasteiger partial charge in [0.25, 0.3) is 0 Å². The molecular formula is C20H26N3O+. The Balaban J connectivity index is 1.52. The van der Waals surface area contributed by atoms with Crippen molar-refractivity contribution >= 4 is 5.70 Å². The van der Waals surface area contributed by atoms with Gasteiger partial charge in [0.2, 0.25) is 0 Å². The van der Waals surface area contributed by atoms with Gasteiger partial charge in [-0.2, -0.15) is 0 Å². The molecule has 0 unspecified atom stereocenters. The number of hydrogen-bond acceptors (Lipinski definition) is 3. The normalized spacial score (nSPS) is 17.0. The quantitative estimate of drug-likeness (QED) is 0.783. The third kappa shape index (κ3) is 4.37. The monoisotopic (exact) mass is 324 g/mol. The number of benzene rings is 2. The first-order chi connectivity index (χ1) is 11.7. The number of allylic oxidation sites excluding steroid dienone is 1. The van der Waals surface area contributed by atoms with E-state index >= 15 is 0 Å². The van der Waals surface area contributed by atoms with Gasteiger partial charge in [0.1, 0.15) is 12.3 Å². The fourth-order valence-electron chi connectivity index (χ4n) is 3.10. The fraction of sp³-hybridized carbons (Fsp3) is 0.300. The number of hydrogen-bond donors (Lipinski definition) is 3. The van der Waals surface area contributed by atoms with Crippen molar-refractivity contribution in [2.45, 2.75) is 13.5 Å². The number of piperazine rings is 1. The SMILES string of the molecule is C/C=C(\NN1CC[NH+](Cc2ccccc2)CC1)c1ccc(O)cc1. The Morgan fingerprint density at radius 2 is 1.75 bits per heavy atom. The molecule has 126 valence electrons. The minimum Gasteiger partial charge on any atom is -0.508 e. The first kappa shape index (κ1) is 16.6. The molecule has 0 amide bonds. The zero-order chi connectivity index (χ0) is 16.8. The predicted octanol–water partition coefficient (Wildman–Crippen LogP) is 1.66. The zero-order valence-corrected chi connectivity index (χ0v) is 14.2. The lowest BCUT2D eigenvalue weighted by molar-refractivity contribution is -0.918. The molecule has 0 saturated carbocycles. The van der Waals surface area contributed by atoms with Crippen LogP contribution in [0.25, 0.3) is 5.70 Å². The molecule has 1 aliphatic heterocycles. The van der Waals surface area contributed by atoms with Crippen molar-refractivity contribution in [1.29, 1.82) is 0 Å². The minimum absolute atomic E-state index is 0.298. The maximum atomic E-state index is 9.43. The predicted molar refractivity (Wildman–Crippen MR) is 97.3 cm³/mol. The molecule has 3 N–H and O–H groups in total. The Labute approximate surface area is 144 Å². The Kier molecular flexibility index (Phi) is 5.51. The summed E-state index contributed by atoms with van der Waals surface area (Å²) < 4.78 is 0. The summed E-state index contributed by atoms with van der Waals surface area (Å²) in [5.41, 5.74) is 7.11. The minimum atomic E-state index is 0.298. The highest BCUT2D eigenvalue weighted by atomic mass is 16.3. The highest BCUT2D eigenvalue weighted by Gasteiger charge is 2.20. The van der Waals surface area contributed by atoms with Gasteiger partial charge in [0.05, 0.1) is 31.9 Å². The van der Waals surface area contributed by atoms with Gasteiger partial charge in [-0.1, -0.05) is 36.4 Å². The second-order valence-corrected chi connectivity index (χ2v) is 6.26. The summed E-state index contributed by atoms with van der Waals surface area (Å²) in [4.78, 5) is 1.63. The Bertz CT molecular complexity index is 659. The van der Waals surface area contributed by atoms with Crippen molar-refractivity contribution in [3.05, 3.63) is 71.8 Å². The maximum Gasteiger partial charge on any atom is 0.115 e. The lowest BCUT2D eigenvalue weighted by Crippen LogP contribution is -3.13. The first-order valence-electron chi connectivity index (χ1n) is 8.59. The summed E-state index contributed by atoms with van der Waals surface area (Å²) in [5, 5.41) is 11.7. The van der Waals surface area contributed by atoms with Crippen molar-refractivity contribution in [3.8, 4) is 5.75 Å². The lowest BCUT2D eigenvalue weighted by Gasteiger charge is -2.33. The standard InChI is InChI=1S/C20H25N3O/c1-2-20(18-8-10-19(24)11-9-18)21-23-14-12-22(13-15-23)16-17-6-4-3-5-7-17/h2-11,21,24H,12-16H2,1H3/p+1/b20-2-. The van der Waals surface area contributed by atoms with Crippen LogP contribution in [0.5, 0.6) is 5.75 Å². The van der Waals surface area contributed by atoms with Gasteiger partial charge in [0, 0.05) is 5.56 Å². The van der Waals surface area contributed by atoms with Gasteiger partial charge < -0.3 is 15.4 Å². The third-order valence-corrected chi connectivity index (χ3v) is 4.51. The Morgan fingerprint density at radius 3 is 2.38 bits per heavy atom. The summed E-state index contributed by atoms with van der Waals surface area (Å²) in [6, 6.07) is 18.0. The molecule has 2 aromatic carbocycles. The molecule has 1 aliphatic rings. The third-order valence-electron chi connectivity index (χ3n) is 4.51. The van der Waals surface area contributed by atoms with Crippen molar-refractivity contribution in [2.75, 3.05) is 26.2 Å². The van der Waals surface area contributed by atoms with Gasteiger partial charge in [-0.25, -0.2) is 5.01 Å². The summed E-state index contributed by atoms with van der Waals surface area (Å²) in [6.07, 6.45) is 2.08. The topological polar surface area (TPSA) is 39.9 Å². The lowest BCUT2D eigenvalue weighted by atomic mass is 10.1. The van der Waals surface area contributed by atoms with E-state index in [1.807, 2.05) is 19.1 Å². The van der Waals surface area contributed by atoms with Crippen LogP contribution in [0, 0.1) is 0 Å². The van der Waals surface area contributed by atoms with Gasteiger partial charge in [-0.3, -0.25) is 0 Å².